The number of halogens is 1. The lowest BCUT2D eigenvalue weighted by molar-refractivity contribution is 0.0948. The van der Waals surface area contributed by atoms with Gasteiger partial charge in [0, 0.05) is 24.9 Å². The number of amides is 1. The summed E-state index contributed by atoms with van der Waals surface area (Å²) < 4.78 is 10.5. The molecule has 0 saturated carbocycles. The summed E-state index contributed by atoms with van der Waals surface area (Å²) in [4.78, 5) is 20.3. The van der Waals surface area contributed by atoms with Crippen molar-refractivity contribution in [3.63, 3.8) is 0 Å². The second-order valence-electron chi connectivity index (χ2n) is 4.83. The van der Waals surface area contributed by atoms with Crippen LogP contribution in [0.1, 0.15) is 23.8 Å². The van der Waals surface area contributed by atoms with Crippen LogP contribution >= 0.6 is 11.6 Å². The van der Waals surface area contributed by atoms with E-state index < -0.39 is 0 Å². The Morgan fingerprint density at radius 2 is 2.00 bits per heavy atom. The second-order valence-corrected chi connectivity index (χ2v) is 5.24. The van der Waals surface area contributed by atoms with Crippen LogP contribution in [0.3, 0.4) is 0 Å². The Morgan fingerprint density at radius 3 is 2.67 bits per heavy atom. The van der Waals surface area contributed by atoms with E-state index in [1.807, 2.05) is 6.92 Å². The summed E-state index contributed by atoms with van der Waals surface area (Å²) in [6.45, 7) is 2.57. The first-order valence-electron chi connectivity index (χ1n) is 7.38. The van der Waals surface area contributed by atoms with E-state index in [-0.39, 0.29) is 17.5 Å². The van der Waals surface area contributed by atoms with Gasteiger partial charge in [-0.2, -0.15) is 0 Å². The van der Waals surface area contributed by atoms with Gasteiger partial charge in [0.25, 0.3) is 5.91 Å². The van der Waals surface area contributed by atoms with Crippen molar-refractivity contribution in [1.82, 2.24) is 15.3 Å². The van der Waals surface area contributed by atoms with Crippen molar-refractivity contribution in [2.24, 2.45) is 0 Å². The number of aromatic nitrogens is 2. The lowest BCUT2D eigenvalue weighted by Gasteiger charge is -2.13. The van der Waals surface area contributed by atoms with E-state index >= 15 is 0 Å². The van der Waals surface area contributed by atoms with E-state index in [0.717, 1.165) is 6.42 Å². The number of hydrogen-bond acceptors (Lipinski definition) is 6. The molecule has 2 N–H and O–H groups in total. The molecule has 0 spiro atoms. The molecule has 0 radical (unpaired) electrons. The average Bonchev–Trinajstić information content (AvgIpc) is 2.60. The zero-order valence-corrected chi connectivity index (χ0v) is 14.5. The summed E-state index contributed by atoms with van der Waals surface area (Å²) in [6, 6.07) is 4.85. The van der Waals surface area contributed by atoms with Gasteiger partial charge < -0.3 is 20.1 Å². The van der Waals surface area contributed by atoms with Gasteiger partial charge in [-0.25, -0.2) is 9.97 Å². The number of anilines is 2. The normalized spacial score (nSPS) is 10.2. The molecule has 0 aliphatic rings. The van der Waals surface area contributed by atoms with E-state index in [2.05, 4.69) is 20.6 Å². The highest BCUT2D eigenvalue weighted by Gasteiger charge is 2.13. The molecular weight excluding hydrogens is 332 g/mol. The first kappa shape index (κ1) is 17.8. The Bertz CT molecular complexity index is 724. The minimum atomic E-state index is -0.247. The fourth-order valence-electron chi connectivity index (χ4n) is 1.95. The van der Waals surface area contributed by atoms with E-state index in [9.17, 15) is 4.79 Å². The quantitative estimate of drug-likeness (QED) is 0.798. The van der Waals surface area contributed by atoms with Crippen LogP contribution in [0, 0.1) is 0 Å². The fraction of sp³-hybridized carbons (Fsp3) is 0.312. The summed E-state index contributed by atoms with van der Waals surface area (Å²) >= 11 is 6.08. The number of ether oxygens (including phenoxy) is 2. The molecule has 2 rings (SSSR count). The van der Waals surface area contributed by atoms with Gasteiger partial charge >= 0.3 is 0 Å². The molecule has 1 amide bonds. The summed E-state index contributed by atoms with van der Waals surface area (Å²) in [5, 5.41) is 6.20. The van der Waals surface area contributed by atoms with E-state index in [4.69, 9.17) is 21.1 Å². The molecule has 8 heteroatoms. The van der Waals surface area contributed by atoms with Crippen molar-refractivity contribution < 1.29 is 14.3 Å². The van der Waals surface area contributed by atoms with Gasteiger partial charge in [0.15, 0.2) is 0 Å². The lowest BCUT2D eigenvalue weighted by Crippen LogP contribution is -2.25. The maximum absolute atomic E-state index is 12.0. The number of methoxy groups -OCH3 is 2. The molecule has 0 bridgehead atoms. The number of nitrogens with one attached hydrogen (secondary N) is 2. The number of carbonyl (C=O) groups is 1. The first-order chi connectivity index (χ1) is 11.6. The highest BCUT2D eigenvalue weighted by atomic mass is 35.5. The van der Waals surface area contributed by atoms with Gasteiger partial charge in [0.2, 0.25) is 5.95 Å². The molecule has 0 aliphatic heterocycles. The van der Waals surface area contributed by atoms with Crippen LogP contribution in [-0.4, -0.2) is 36.6 Å². The topological polar surface area (TPSA) is 85.4 Å². The van der Waals surface area contributed by atoms with E-state index in [1.54, 1.807) is 18.2 Å². The molecule has 0 saturated heterocycles. The van der Waals surface area contributed by atoms with Crippen molar-refractivity contribution >= 4 is 29.1 Å². The molecule has 0 atom stereocenters. The van der Waals surface area contributed by atoms with Crippen molar-refractivity contribution in [1.29, 1.82) is 0 Å². The number of rotatable bonds is 7. The van der Waals surface area contributed by atoms with Crippen LogP contribution < -0.4 is 20.1 Å². The second kappa shape index (κ2) is 8.35. The number of hydrogen-bond donors (Lipinski definition) is 2. The third kappa shape index (κ3) is 4.26. The largest absolute Gasteiger partial charge is 0.495 e. The van der Waals surface area contributed by atoms with Crippen LogP contribution in [0.15, 0.2) is 24.4 Å². The van der Waals surface area contributed by atoms with Gasteiger partial charge in [-0.15, -0.1) is 0 Å². The SMILES string of the molecule is CCCNC(=O)c1ccnc(Nc2cc(OC)c(Cl)cc2OC)n1. The van der Waals surface area contributed by atoms with Crippen molar-refractivity contribution in [2.75, 3.05) is 26.1 Å². The summed E-state index contributed by atoms with van der Waals surface area (Å²) in [5.41, 5.74) is 0.853. The smallest absolute Gasteiger partial charge is 0.270 e. The Labute approximate surface area is 145 Å². The minimum Gasteiger partial charge on any atom is -0.495 e. The third-order valence-corrected chi connectivity index (χ3v) is 3.44. The van der Waals surface area contributed by atoms with Crippen LogP contribution in [0.2, 0.25) is 5.02 Å². The monoisotopic (exact) mass is 350 g/mol. The van der Waals surface area contributed by atoms with Crippen LogP contribution in [0.5, 0.6) is 11.5 Å². The molecule has 0 fully saturated rings. The number of carbonyl (C=O) groups excluding carboxylic acids is 1. The molecule has 24 heavy (non-hydrogen) atoms. The summed E-state index contributed by atoms with van der Waals surface area (Å²) in [7, 11) is 3.05. The molecule has 0 aliphatic carbocycles. The number of benzene rings is 1. The van der Waals surface area contributed by atoms with Crippen molar-refractivity contribution in [3.8, 4) is 11.5 Å². The Hall–Kier alpha value is -2.54. The maximum atomic E-state index is 12.0. The van der Waals surface area contributed by atoms with Gasteiger partial charge in [-0.1, -0.05) is 18.5 Å². The fourth-order valence-corrected chi connectivity index (χ4v) is 2.18. The van der Waals surface area contributed by atoms with Crippen LogP contribution in [0.4, 0.5) is 11.6 Å². The maximum Gasteiger partial charge on any atom is 0.270 e. The lowest BCUT2D eigenvalue weighted by atomic mass is 10.2. The molecule has 128 valence electrons. The predicted molar refractivity (Wildman–Crippen MR) is 92.5 cm³/mol. The Morgan fingerprint density at radius 1 is 1.25 bits per heavy atom. The first-order valence-corrected chi connectivity index (χ1v) is 7.76. The highest BCUT2D eigenvalue weighted by molar-refractivity contribution is 6.32. The summed E-state index contributed by atoms with van der Waals surface area (Å²) in [5.74, 6) is 1.01. The van der Waals surface area contributed by atoms with Crippen molar-refractivity contribution in [3.05, 3.63) is 35.1 Å². The van der Waals surface area contributed by atoms with Crippen LogP contribution in [0.25, 0.3) is 0 Å². The van der Waals surface area contributed by atoms with Gasteiger partial charge in [0.05, 0.1) is 24.9 Å². The number of nitrogens with zero attached hydrogens (tertiary/aromatic N) is 2. The molecule has 1 aromatic carbocycles. The van der Waals surface area contributed by atoms with Crippen molar-refractivity contribution in [2.45, 2.75) is 13.3 Å². The molecule has 2 aromatic rings. The zero-order chi connectivity index (χ0) is 17.5. The molecule has 1 heterocycles. The van der Waals surface area contributed by atoms with Gasteiger partial charge in [-0.05, 0) is 12.5 Å². The van der Waals surface area contributed by atoms with E-state index in [0.29, 0.717) is 28.8 Å². The minimum absolute atomic E-state index is 0.247. The van der Waals surface area contributed by atoms with Gasteiger partial charge in [-0.3, -0.25) is 4.79 Å². The Balaban J connectivity index is 2.26. The molecule has 0 unspecified atom stereocenters. The van der Waals surface area contributed by atoms with E-state index in [1.165, 1.54) is 20.4 Å². The molecule has 7 nitrogen and oxygen atoms in total. The highest BCUT2D eigenvalue weighted by Crippen LogP contribution is 2.36. The average molecular weight is 351 g/mol. The third-order valence-electron chi connectivity index (χ3n) is 3.14. The predicted octanol–water partition coefficient (Wildman–Crippen LogP) is 3.03. The Kier molecular flexibility index (Phi) is 6.20. The standard InChI is InChI=1S/C16H19ClN4O3/c1-4-6-18-15(22)11-5-7-19-16(20-11)21-12-9-13(23-2)10(17)8-14(12)24-3/h5,7-9H,4,6H2,1-3H3,(H,18,22)(H,19,20,21). The summed E-state index contributed by atoms with van der Waals surface area (Å²) in [6.07, 6.45) is 2.36. The molecule has 1 aromatic heterocycles. The molecular formula is C16H19ClN4O3. The zero-order valence-electron chi connectivity index (χ0n) is 13.7. The van der Waals surface area contributed by atoms with Gasteiger partial charge in [0.1, 0.15) is 17.2 Å². The van der Waals surface area contributed by atoms with Crippen LogP contribution in [-0.2, 0) is 0 Å².